The molecule has 0 atom stereocenters. The van der Waals surface area contributed by atoms with Gasteiger partial charge in [0.2, 0.25) is 5.91 Å². The molecule has 0 saturated carbocycles. The van der Waals surface area contributed by atoms with E-state index in [1.807, 2.05) is 24.5 Å². The lowest BCUT2D eigenvalue weighted by Gasteiger charge is -2.07. The summed E-state index contributed by atoms with van der Waals surface area (Å²) in [6.07, 6.45) is 4.70. The van der Waals surface area contributed by atoms with Crippen LogP contribution in [0.5, 0.6) is 0 Å². The van der Waals surface area contributed by atoms with Gasteiger partial charge in [0.05, 0.1) is 18.4 Å². The van der Waals surface area contributed by atoms with Crippen molar-refractivity contribution in [1.82, 2.24) is 5.32 Å². The molecular formula is C14H14N2O3S. The average molecular weight is 290 g/mol. The van der Waals surface area contributed by atoms with Crippen LogP contribution in [0, 0.1) is 0 Å². The summed E-state index contributed by atoms with van der Waals surface area (Å²) < 4.78 is 4.80. The van der Waals surface area contributed by atoms with Gasteiger partial charge in [0.25, 0.3) is 5.91 Å². The van der Waals surface area contributed by atoms with E-state index in [2.05, 4.69) is 10.6 Å². The lowest BCUT2D eigenvalue weighted by atomic mass is 10.3. The smallest absolute Gasteiger partial charge is 0.254 e. The van der Waals surface area contributed by atoms with Crippen molar-refractivity contribution in [3.63, 3.8) is 0 Å². The van der Waals surface area contributed by atoms with Gasteiger partial charge in [-0.25, -0.2) is 0 Å². The minimum Gasteiger partial charge on any atom is -0.472 e. The number of hydrogen-bond donors (Lipinski definition) is 2. The van der Waals surface area contributed by atoms with E-state index in [4.69, 9.17) is 4.42 Å². The standard InChI is InChI=1S/C14H14N2O3S/c1-20-12-4-2-3-11(7-12)16-13(17)8-15-14(18)10-5-6-19-9-10/h2-7,9H,8H2,1H3,(H,15,18)(H,16,17). The molecule has 2 N–H and O–H groups in total. The molecule has 1 aromatic heterocycles. The molecule has 6 heteroatoms. The maximum Gasteiger partial charge on any atom is 0.254 e. The zero-order chi connectivity index (χ0) is 14.4. The van der Waals surface area contributed by atoms with E-state index in [9.17, 15) is 9.59 Å². The molecule has 0 aliphatic rings. The maximum atomic E-state index is 11.7. The summed E-state index contributed by atoms with van der Waals surface area (Å²) in [6, 6.07) is 9.04. The predicted octanol–water partition coefficient (Wildman–Crippen LogP) is 2.37. The van der Waals surface area contributed by atoms with Crippen LogP contribution < -0.4 is 10.6 Å². The number of furan rings is 1. The highest BCUT2D eigenvalue weighted by atomic mass is 32.2. The van der Waals surface area contributed by atoms with Crippen molar-refractivity contribution in [3.05, 3.63) is 48.4 Å². The van der Waals surface area contributed by atoms with E-state index >= 15 is 0 Å². The molecule has 0 aliphatic heterocycles. The van der Waals surface area contributed by atoms with Crippen molar-refractivity contribution in [1.29, 1.82) is 0 Å². The molecule has 0 unspecified atom stereocenters. The Kier molecular flexibility index (Phi) is 4.84. The van der Waals surface area contributed by atoms with Crippen LogP contribution >= 0.6 is 11.8 Å². The second kappa shape index (κ2) is 6.81. The van der Waals surface area contributed by atoms with Crippen LogP contribution in [-0.4, -0.2) is 24.6 Å². The van der Waals surface area contributed by atoms with Crippen molar-refractivity contribution in [2.75, 3.05) is 18.1 Å². The summed E-state index contributed by atoms with van der Waals surface area (Å²) >= 11 is 1.60. The highest BCUT2D eigenvalue weighted by Crippen LogP contribution is 2.18. The summed E-state index contributed by atoms with van der Waals surface area (Å²) in [5.74, 6) is -0.619. The first-order valence-corrected chi connectivity index (χ1v) is 7.16. The number of rotatable bonds is 5. The van der Waals surface area contributed by atoms with Gasteiger partial charge in [0.1, 0.15) is 6.26 Å². The first kappa shape index (κ1) is 14.2. The van der Waals surface area contributed by atoms with Gasteiger partial charge in [-0.2, -0.15) is 0 Å². The number of amides is 2. The van der Waals surface area contributed by atoms with E-state index in [0.717, 1.165) is 4.90 Å². The Morgan fingerprint density at radius 1 is 1.30 bits per heavy atom. The minimum absolute atomic E-state index is 0.0898. The molecule has 2 rings (SSSR count). The van der Waals surface area contributed by atoms with Crippen LogP contribution in [0.4, 0.5) is 5.69 Å². The zero-order valence-electron chi connectivity index (χ0n) is 10.9. The third-order valence-electron chi connectivity index (χ3n) is 2.55. The van der Waals surface area contributed by atoms with Crippen LogP contribution in [0.3, 0.4) is 0 Å². The molecule has 1 aromatic carbocycles. The van der Waals surface area contributed by atoms with Crippen LogP contribution in [0.2, 0.25) is 0 Å². The summed E-state index contributed by atoms with van der Waals surface area (Å²) in [4.78, 5) is 24.4. The fraction of sp³-hybridized carbons (Fsp3) is 0.143. The van der Waals surface area contributed by atoms with E-state index in [0.29, 0.717) is 11.3 Å². The Morgan fingerprint density at radius 2 is 2.15 bits per heavy atom. The third-order valence-corrected chi connectivity index (χ3v) is 3.27. The molecule has 1 heterocycles. The zero-order valence-corrected chi connectivity index (χ0v) is 11.7. The first-order chi connectivity index (χ1) is 9.69. The number of nitrogens with one attached hydrogen (secondary N) is 2. The molecule has 0 fully saturated rings. The monoisotopic (exact) mass is 290 g/mol. The van der Waals surface area contributed by atoms with Crippen LogP contribution in [0.1, 0.15) is 10.4 Å². The Labute approximate surface area is 120 Å². The predicted molar refractivity (Wildman–Crippen MR) is 77.9 cm³/mol. The topological polar surface area (TPSA) is 71.3 Å². The minimum atomic E-state index is -0.341. The van der Waals surface area contributed by atoms with E-state index in [1.54, 1.807) is 17.8 Å². The fourth-order valence-corrected chi connectivity index (χ4v) is 2.02. The van der Waals surface area contributed by atoms with Crippen LogP contribution in [0.25, 0.3) is 0 Å². The van der Waals surface area contributed by atoms with Gasteiger partial charge in [-0.3, -0.25) is 9.59 Å². The van der Waals surface area contributed by atoms with Crippen molar-refractivity contribution in [2.24, 2.45) is 0 Å². The van der Waals surface area contributed by atoms with Gasteiger partial charge in [-0.1, -0.05) is 6.07 Å². The molecule has 2 aromatic rings. The molecular weight excluding hydrogens is 276 g/mol. The van der Waals surface area contributed by atoms with Crippen molar-refractivity contribution in [3.8, 4) is 0 Å². The van der Waals surface area contributed by atoms with Gasteiger partial charge < -0.3 is 15.1 Å². The maximum absolute atomic E-state index is 11.7. The first-order valence-electron chi connectivity index (χ1n) is 5.93. The second-order valence-corrected chi connectivity index (χ2v) is 4.85. The molecule has 0 aliphatic carbocycles. The lowest BCUT2D eigenvalue weighted by Crippen LogP contribution is -2.32. The Balaban J connectivity index is 1.85. The van der Waals surface area contributed by atoms with Gasteiger partial charge in [-0.15, -0.1) is 11.8 Å². The number of benzene rings is 1. The number of carbonyl (C=O) groups is 2. The molecule has 0 saturated heterocycles. The van der Waals surface area contributed by atoms with Gasteiger partial charge >= 0.3 is 0 Å². The summed E-state index contributed by atoms with van der Waals surface area (Å²) in [5.41, 5.74) is 1.10. The van der Waals surface area contributed by atoms with Gasteiger partial charge in [0.15, 0.2) is 0 Å². The lowest BCUT2D eigenvalue weighted by molar-refractivity contribution is -0.115. The summed E-state index contributed by atoms with van der Waals surface area (Å²) in [7, 11) is 0. The third kappa shape index (κ3) is 3.89. The molecule has 0 spiro atoms. The molecule has 104 valence electrons. The SMILES string of the molecule is CSc1cccc(NC(=O)CNC(=O)c2ccoc2)c1. The number of anilines is 1. The molecule has 2 amide bonds. The second-order valence-electron chi connectivity index (χ2n) is 3.97. The van der Waals surface area contributed by atoms with Crippen molar-refractivity contribution < 1.29 is 14.0 Å². The van der Waals surface area contributed by atoms with E-state index < -0.39 is 0 Å². The molecule has 0 radical (unpaired) electrons. The van der Waals surface area contributed by atoms with E-state index in [1.165, 1.54) is 18.6 Å². The fourth-order valence-electron chi connectivity index (χ4n) is 1.56. The Hall–Kier alpha value is -2.21. The largest absolute Gasteiger partial charge is 0.472 e. The Bertz CT molecular complexity index is 596. The number of carbonyl (C=O) groups excluding carboxylic acids is 2. The van der Waals surface area contributed by atoms with Crippen molar-refractivity contribution >= 4 is 29.3 Å². The molecule has 5 nitrogen and oxygen atoms in total. The summed E-state index contributed by atoms with van der Waals surface area (Å²) in [6.45, 7) is -0.0898. The van der Waals surface area contributed by atoms with E-state index in [-0.39, 0.29) is 18.4 Å². The normalized spacial score (nSPS) is 10.1. The molecule has 20 heavy (non-hydrogen) atoms. The number of thioether (sulfide) groups is 1. The van der Waals surface area contributed by atoms with Gasteiger partial charge in [0, 0.05) is 10.6 Å². The molecule has 0 bridgehead atoms. The Morgan fingerprint density at radius 3 is 2.85 bits per heavy atom. The van der Waals surface area contributed by atoms with Gasteiger partial charge in [-0.05, 0) is 30.5 Å². The average Bonchev–Trinajstić information content (AvgIpc) is 2.99. The quantitative estimate of drug-likeness (QED) is 0.829. The number of hydrogen-bond acceptors (Lipinski definition) is 4. The van der Waals surface area contributed by atoms with Crippen LogP contribution in [-0.2, 0) is 4.79 Å². The highest BCUT2D eigenvalue weighted by molar-refractivity contribution is 7.98. The van der Waals surface area contributed by atoms with Crippen LogP contribution in [0.15, 0.2) is 52.2 Å². The summed E-state index contributed by atoms with van der Waals surface area (Å²) in [5, 5.41) is 5.24. The highest BCUT2D eigenvalue weighted by Gasteiger charge is 2.09. The van der Waals surface area contributed by atoms with Crippen molar-refractivity contribution in [2.45, 2.75) is 4.90 Å².